The lowest BCUT2D eigenvalue weighted by atomic mass is 9.86. The lowest BCUT2D eigenvalue weighted by Gasteiger charge is -2.20. The third-order valence-electron chi connectivity index (χ3n) is 4.00. The lowest BCUT2D eigenvalue weighted by molar-refractivity contribution is -0.121. The lowest BCUT2D eigenvalue weighted by Crippen LogP contribution is -2.28. The van der Waals surface area contributed by atoms with E-state index >= 15 is 0 Å². The normalized spacial score (nSPS) is 12.8. The molecule has 0 aliphatic heterocycles. The van der Waals surface area contributed by atoms with Crippen LogP contribution in [0.15, 0.2) is 42.7 Å². The monoisotopic (exact) mass is 329 g/mol. The number of hydrogen-bond acceptors (Lipinski definition) is 3. The number of carbonyl (C=O) groups is 1. The van der Waals surface area contributed by atoms with Gasteiger partial charge in [0.2, 0.25) is 5.91 Å². The SMILES string of the molecule is CC(C)(C)c1ccc([C@H](O)CNC(=O)CCCn2cccn2)cc1. The molecule has 2 rings (SSSR count). The number of aromatic nitrogens is 2. The summed E-state index contributed by atoms with van der Waals surface area (Å²) in [5.74, 6) is -0.0486. The second kappa shape index (κ2) is 8.11. The van der Waals surface area contributed by atoms with Crippen molar-refractivity contribution in [3.8, 4) is 0 Å². The number of aliphatic hydroxyl groups is 1. The molecule has 5 nitrogen and oxygen atoms in total. The van der Waals surface area contributed by atoms with E-state index in [1.165, 1.54) is 5.56 Å². The Kier molecular flexibility index (Phi) is 6.15. The minimum Gasteiger partial charge on any atom is -0.387 e. The maximum atomic E-state index is 11.8. The molecule has 24 heavy (non-hydrogen) atoms. The van der Waals surface area contributed by atoms with Crippen molar-refractivity contribution in [3.63, 3.8) is 0 Å². The number of nitrogens with one attached hydrogen (secondary N) is 1. The quantitative estimate of drug-likeness (QED) is 0.821. The Hall–Kier alpha value is -2.14. The van der Waals surface area contributed by atoms with Crippen molar-refractivity contribution in [1.29, 1.82) is 0 Å². The van der Waals surface area contributed by atoms with E-state index in [4.69, 9.17) is 0 Å². The minimum atomic E-state index is -0.686. The van der Waals surface area contributed by atoms with Gasteiger partial charge in [0, 0.05) is 31.9 Å². The first kappa shape index (κ1) is 18.2. The van der Waals surface area contributed by atoms with Crippen molar-refractivity contribution in [1.82, 2.24) is 15.1 Å². The highest BCUT2D eigenvalue weighted by Crippen LogP contribution is 2.23. The Morgan fingerprint density at radius 2 is 2.00 bits per heavy atom. The van der Waals surface area contributed by atoms with Crippen LogP contribution in [0, 0.1) is 0 Å². The predicted molar refractivity (Wildman–Crippen MR) is 94.6 cm³/mol. The van der Waals surface area contributed by atoms with Gasteiger partial charge in [-0.15, -0.1) is 0 Å². The van der Waals surface area contributed by atoms with Crippen molar-refractivity contribution in [2.24, 2.45) is 0 Å². The number of benzene rings is 1. The van der Waals surface area contributed by atoms with E-state index in [1.54, 1.807) is 10.9 Å². The molecule has 0 saturated heterocycles. The van der Waals surface area contributed by atoms with Crippen LogP contribution in [-0.2, 0) is 16.8 Å². The van der Waals surface area contributed by atoms with E-state index in [2.05, 4.69) is 31.2 Å². The van der Waals surface area contributed by atoms with Crippen LogP contribution in [0.3, 0.4) is 0 Å². The molecular weight excluding hydrogens is 302 g/mol. The van der Waals surface area contributed by atoms with Crippen LogP contribution in [0.1, 0.15) is 50.8 Å². The van der Waals surface area contributed by atoms with Gasteiger partial charge in [0.15, 0.2) is 0 Å². The van der Waals surface area contributed by atoms with Crippen LogP contribution >= 0.6 is 0 Å². The fourth-order valence-corrected chi connectivity index (χ4v) is 2.46. The van der Waals surface area contributed by atoms with Gasteiger partial charge in [-0.3, -0.25) is 9.48 Å². The molecule has 1 aromatic carbocycles. The number of aryl methyl sites for hydroxylation is 1. The summed E-state index contributed by atoms with van der Waals surface area (Å²) in [5, 5.41) is 17.1. The van der Waals surface area contributed by atoms with Crippen LogP contribution in [0.2, 0.25) is 0 Å². The molecule has 130 valence electrons. The molecule has 2 aromatic rings. The molecule has 1 amide bonds. The van der Waals surface area contributed by atoms with Crippen LogP contribution in [0.5, 0.6) is 0 Å². The molecule has 0 bridgehead atoms. The van der Waals surface area contributed by atoms with Crippen LogP contribution < -0.4 is 5.32 Å². The van der Waals surface area contributed by atoms with Crippen LogP contribution in [-0.4, -0.2) is 27.3 Å². The molecular formula is C19H27N3O2. The summed E-state index contributed by atoms with van der Waals surface area (Å²) in [5.41, 5.74) is 2.13. The van der Waals surface area contributed by atoms with Crippen molar-refractivity contribution in [2.45, 2.75) is 51.7 Å². The summed E-state index contributed by atoms with van der Waals surface area (Å²) >= 11 is 0. The van der Waals surface area contributed by atoms with Crippen molar-refractivity contribution in [2.75, 3.05) is 6.54 Å². The van der Waals surface area contributed by atoms with E-state index in [1.807, 2.05) is 36.5 Å². The smallest absolute Gasteiger partial charge is 0.220 e. The molecule has 0 spiro atoms. The Labute approximate surface area is 143 Å². The molecule has 1 aromatic heterocycles. The molecule has 0 aliphatic rings. The summed E-state index contributed by atoms with van der Waals surface area (Å²) in [4.78, 5) is 11.8. The third-order valence-corrected chi connectivity index (χ3v) is 4.00. The van der Waals surface area contributed by atoms with E-state index in [9.17, 15) is 9.90 Å². The fraction of sp³-hybridized carbons (Fsp3) is 0.474. The maximum Gasteiger partial charge on any atom is 0.220 e. The molecule has 0 unspecified atom stereocenters. The van der Waals surface area contributed by atoms with Gasteiger partial charge >= 0.3 is 0 Å². The fourth-order valence-electron chi connectivity index (χ4n) is 2.46. The Bertz CT molecular complexity index is 628. The van der Waals surface area contributed by atoms with Crippen molar-refractivity contribution < 1.29 is 9.90 Å². The van der Waals surface area contributed by atoms with Crippen LogP contribution in [0.4, 0.5) is 0 Å². The third kappa shape index (κ3) is 5.49. The van der Waals surface area contributed by atoms with Gasteiger partial charge in [-0.1, -0.05) is 45.0 Å². The molecule has 0 fully saturated rings. The second-order valence-electron chi connectivity index (χ2n) is 7.06. The van der Waals surface area contributed by atoms with E-state index in [0.717, 1.165) is 18.5 Å². The van der Waals surface area contributed by atoms with Gasteiger partial charge in [-0.05, 0) is 29.0 Å². The first-order valence-corrected chi connectivity index (χ1v) is 8.39. The topological polar surface area (TPSA) is 67.2 Å². The van der Waals surface area contributed by atoms with Gasteiger partial charge in [0.05, 0.1) is 6.10 Å². The average Bonchev–Trinajstić information content (AvgIpc) is 3.05. The molecule has 5 heteroatoms. The number of aliphatic hydroxyl groups excluding tert-OH is 1. The van der Waals surface area contributed by atoms with Crippen molar-refractivity contribution in [3.05, 3.63) is 53.9 Å². The van der Waals surface area contributed by atoms with Gasteiger partial charge in [-0.25, -0.2) is 0 Å². The first-order chi connectivity index (χ1) is 11.4. The molecule has 1 heterocycles. The van der Waals surface area contributed by atoms with Gasteiger partial charge in [0.25, 0.3) is 0 Å². The van der Waals surface area contributed by atoms with E-state index in [-0.39, 0.29) is 17.9 Å². The molecule has 0 saturated carbocycles. The van der Waals surface area contributed by atoms with E-state index in [0.29, 0.717) is 6.42 Å². The Balaban J connectivity index is 1.73. The predicted octanol–water partition coefficient (Wildman–Crippen LogP) is 2.81. The minimum absolute atomic E-state index is 0.0486. The first-order valence-electron chi connectivity index (χ1n) is 8.39. The molecule has 1 atom stereocenters. The summed E-state index contributed by atoms with van der Waals surface area (Å²) in [6, 6.07) is 9.78. The van der Waals surface area contributed by atoms with E-state index < -0.39 is 6.10 Å². The highest BCUT2D eigenvalue weighted by Gasteiger charge is 2.15. The maximum absolute atomic E-state index is 11.8. The summed E-state index contributed by atoms with van der Waals surface area (Å²) in [6.45, 7) is 7.42. The largest absolute Gasteiger partial charge is 0.387 e. The van der Waals surface area contributed by atoms with Gasteiger partial charge in [0.1, 0.15) is 0 Å². The van der Waals surface area contributed by atoms with Gasteiger partial charge in [-0.2, -0.15) is 5.10 Å². The van der Waals surface area contributed by atoms with Gasteiger partial charge < -0.3 is 10.4 Å². The standard InChI is InChI=1S/C19H27N3O2/c1-19(2,3)16-9-7-15(8-10-16)17(23)14-20-18(24)6-4-12-22-13-5-11-21-22/h5,7-11,13,17,23H,4,6,12,14H2,1-3H3,(H,20,24)/t17-/m1/s1. The number of hydrogen-bond donors (Lipinski definition) is 2. The summed E-state index contributed by atoms with van der Waals surface area (Å²) in [7, 11) is 0. The Morgan fingerprint density at radius 3 is 2.58 bits per heavy atom. The zero-order chi connectivity index (χ0) is 17.6. The number of amides is 1. The molecule has 2 N–H and O–H groups in total. The highest BCUT2D eigenvalue weighted by molar-refractivity contribution is 5.75. The van der Waals surface area contributed by atoms with Crippen LogP contribution in [0.25, 0.3) is 0 Å². The Morgan fingerprint density at radius 1 is 1.29 bits per heavy atom. The average molecular weight is 329 g/mol. The number of rotatable bonds is 7. The second-order valence-corrected chi connectivity index (χ2v) is 7.06. The number of carbonyl (C=O) groups excluding carboxylic acids is 1. The number of nitrogens with zero attached hydrogens (tertiary/aromatic N) is 2. The zero-order valence-electron chi connectivity index (χ0n) is 14.7. The summed E-state index contributed by atoms with van der Waals surface area (Å²) in [6.07, 6.45) is 4.07. The summed E-state index contributed by atoms with van der Waals surface area (Å²) < 4.78 is 1.80. The van der Waals surface area contributed by atoms with Crippen molar-refractivity contribution >= 4 is 5.91 Å². The molecule has 0 radical (unpaired) electrons. The molecule has 0 aliphatic carbocycles. The zero-order valence-corrected chi connectivity index (χ0v) is 14.7. The highest BCUT2D eigenvalue weighted by atomic mass is 16.3.